The van der Waals surface area contributed by atoms with E-state index >= 15 is 0 Å². The zero-order chi connectivity index (χ0) is 15.2. The van der Waals surface area contributed by atoms with Gasteiger partial charge in [0.15, 0.2) is 5.11 Å². The van der Waals surface area contributed by atoms with E-state index in [9.17, 15) is 0 Å². The highest BCUT2D eigenvalue weighted by molar-refractivity contribution is 7.80. The second-order valence-electron chi connectivity index (χ2n) is 4.75. The van der Waals surface area contributed by atoms with Crippen molar-refractivity contribution in [2.45, 2.75) is 13.8 Å². The lowest BCUT2D eigenvalue weighted by atomic mass is 10.1. The first-order chi connectivity index (χ1) is 10.0. The maximum atomic E-state index is 5.66. The summed E-state index contributed by atoms with van der Waals surface area (Å²) in [6, 6.07) is 15.5. The number of nitrogens with one attached hydrogen (secondary N) is 2. The van der Waals surface area contributed by atoms with Crippen LogP contribution in [0.5, 0.6) is 0 Å². The molecule has 0 atom stereocenters. The molecule has 0 unspecified atom stereocenters. The Hall–Kier alpha value is -2.40. The number of benzene rings is 2. The van der Waals surface area contributed by atoms with Gasteiger partial charge >= 0.3 is 0 Å². The third kappa shape index (κ3) is 4.57. The lowest BCUT2D eigenvalue weighted by Crippen LogP contribution is -2.25. The third-order valence-corrected chi connectivity index (χ3v) is 3.12. The van der Waals surface area contributed by atoms with Crippen LogP contribution in [-0.4, -0.2) is 10.8 Å². The Kier molecular flexibility index (Phi) is 4.90. The number of hydrogen-bond acceptors (Lipinski definition) is 3. The average molecular weight is 298 g/mol. The van der Waals surface area contributed by atoms with Crippen LogP contribution in [0.15, 0.2) is 53.6 Å². The predicted octanol–water partition coefficient (Wildman–Crippen LogP) is 3.29. The summed E-state index contributed by atoms with van der Waals surface area (Å²) in [7, 11) is 0. The van der Waals surface area contributed by atoms with E-state index in [4.69, 9.17) is 18.0 Å². The lowest BCUT2D eigenvalue weighted by Gasteiger charge is -2.08. The van der Waals surface area contributed by atoms with Crippen LogP contribution in [0.1, 0.15) is 18.1 Å². The molecule has 4 N–H and O–H groups in total. The van der Waals surface area contributed by atoms with Gasteiger partial charge in [-0.2, -0.15) is 5.10 Å². The van der Waals surface area contributed by atoms with E-state index < -0.39 is 0 Å². The Bertz CT molecular complexity index is 662. The van der Waals surface area contributed by atoms with Gasteiger partial charge in [0, 0.05) is 11.4 Å². The van der Waals surface area contributed by atoms with Gasteiger partial charge in [0.05, 0.1) is 5.71 Å². The van der Waals surface area contributed by atoms with Crippen LogP contribution in [0.25, 0.3) is 0 Å². The minimum absolute atomic E-state index is 0.454. The summed E-state index contributed by atoms with van der Waals surface area (Å²) in [5.74, 6) is 0. The standard InChI is InChI=1S/C16H18N4S/c1-11-4-3-5-15(10-11)18-16(21)20-19-12(2)13-6-8-14(17)9-7-13/h3-10H,17H2,1-2H3,(H2,18,20,21)/b19-12+. The highest BCUT2D eigenvalue weighted by Crippen LogP contribution is 2.09. The number of nitrogen functional groups attached to an aromatic ring is 1. The molecule has 0 aromatic heterocycles. The molecule has 0 saturated heterocycles. The van der Waals surface area contributed by atoms with Gasteiger partial charge in [-0.1, -0.05) is 24.3 Å². The first-order valence-electron chi connectivity index (χ1n) is 6.58. The van der Waals surface area contributed by atoms with Crippen molar-refractivity contribution >= 4 is 34.4 Å². The van der Waals surface area contributed by atoms with Crippen molar-refractivity contribution < 1.29 is 0 Å². The third-order valence-electron chi connectivity index (χ3n) is 2.93. The Morgan fingerprint density at radius 3 is 2.52 bits per heavy atom. The van der Waals surface area contributed by atoms with Gasteiger partial charge < -0.3 is 11.1 Å². The summed E-state index contributed by atoms with van der Waals surface area (Å²) in [5.41, 5.74) is 13.2. The zero-order valence-corrected chi connectivity index (χ0v) is 12.9. The van der Waals surface area contributed by atoms with Crippen molar-refractivity contribution in [1.29, 1.82) is 0 Å². The molecule has 0 saturated carbocycles. The number of nitrogens with two attached hydrogens (primary N) is 1. The molecule has 0 aliphatic rings. The number of anilines is 2. The van der Waals surface area contributed by atoms with Gasteiger partial charge in [-0.05, 0) is 61.5 Å². The topological polar surface area (TPSA) is 62.4 Å². The first-order valence-corrected chi connectivity index (χ1v) is 6.99. The van der Waals surface area contributed by atoms with Crippen LogP contribution in [0, 0.1) is 6.92 Å². The maximum absolute atomic E-state index is 5.66. The fourth-order valence-corrected chi connectivity index (χ4v) is 1.97. The van der Waals surface area contributed by atoms with Crippen LogP contribution in [0.4, 0.5) is 11.4 Å². The molecule has 2 rings (SSSR count). The fourth-order valence-electron chi connectivity index (χ4n) is 1.81. The summed E-state index contributed by atoms with van der Waals surface area (Å²) in [4.78, 5) is 0. The average Bonchev–Trinajstić information content (AvgIpc) is 2.45. The van der Waals surface area contributed by atoms with Crippen molar-refractivity contribution in [3.05, 3.63) is 59.7 Å². The molecule has 0 amide bonds. The second-order valence-corrected chi connectivity index (χ2v) is 5.16. The van der Waals surface area contributed by atoms with Crippen LogP contribution in [-0.2, 0) is 0 Å². The molecular weight excluding hydrogens is 280 g/mol. The maximum Gasteiger partial charge on any atom is 0.191 e. The molecule has 0 bridgehead atoms. The minimum Gasteiger partial charge on any atom is -0.399 e. The van der Waals surface area contributed by atoms with Gasteiger partial charge in [-0.15, -0.1) is 0 Å². The molecule has 0 radical (unpaired) electrons. The van der Waals surface area contributed by atoms with Crippen molar-refractivity contribution in [3.8, 4) is 0 Å². The quantitative estimate of drug-likeness (QED) is 0.352. The SMILES string of the molecule is C/C(=N\NC(=S)Nc1cccc(C)c1)c1ccc(N)cc1. The molecule has 0 aliphatic carbocycles. The first kappa shape index (κ1) is 15.0. The number of nitrogens with zero attached hydrogens (tertiary/aromatic N) is 1. The van der Waals surface area contributed by atoms with Gasteiger partial charge in [-0.25, -0.2) is 0 Å². The number of aryl methyl sites for hydroxylation is 1. The van der Waals surface area contributed by atoms with Crippen molar-refractivity contribution in [1.82, 2.24) is 5.43 Å². The Morgan fingerprint density at radius 1 is 1.14 bits per heavy atom. The Labute approximate surface area is 130 Å². The van der Waals surface area contributed by atoms with Crippen LogP contribution < -0.4 is 16.5 Å². The van der Waals surface area contributed by atoms with Gasteiger partial charge in [0.25, 0.3) is 0 Å². The summed E-state index contributed by atoms with van der Waals surface area (Å²) in [6.45, 7) is 3.94. The molecule has 2 aromatic rings. The van der Waals surface area contributed by atoms with Gasteiger partial charge in [0.2, 0.25) is 0 Å². The van der Waals surface area contributed by atoms with E-state index in [1.807, 2.05) is 62.4 Å². The molecule has 4 nitrogen and oxygen atoms in total. The van der Waals surface area contributed by atoms with Crippen LogP contribution in [0.2, 0.25) is 0 Å². The summed E-state index contributed by atoms with van der Waals surface area (Å²) in [6.07, 6.45) is 0. The van der Waals surface area contributed by atoms with Crippen LogP contribution in [0.3, 0.4) is 0 Å². The lowest BCUT2D eigenvalue weighted by molar-refractivity contribution is 1.04. The van der Waals surface area contributed by atoms with Crippen molar-refractivity contribution in [2.24, 2.45) is 5.10 Å². The second kappa shape index (κ2) is 6.85. The van der Waals surface area contributed by atoms with E-state index in [-0.39, 0.29) is 0 Å². The van der Waals surface area contributed by atoms with E-state index in [1.54, 1.807) is 0 Å². The van der Waals surface area contributed by atoms with Gasteiger partial charge in [0.1, 0.15) is 0 Å². The molecule has 108 valence electrons. The van der Waals surface area contributed by atoms with Gasteiger partial charge in [-0.3, -0.25) is 5.43 Å². The van der Waals surface area contributed by atoms with E-state index in [2.05, 4.69) is 15.8 Å². The Morgan fingerprint density at radius 2 is 1.86 bits per heavy atom. The highest BCUT2D eigenvalue weighted by Gasteiger charge is 1.99. The molecule has 0 spiro atoms. The molecule has 0 aliphatic heterocycles. The minimum atomic E-state index is 0.454. The monoisotopic (exact) mass is 298 g/mol. The molecular formula is C16H18N4S. The van der Waals surface area contributed by atoms with Crippen molar-refractivity contribution in [2.75, 3.05) is 11.1 Å². The molecule has 0 fully saturated rings. The number of hydrogen-bond donors (Lipinski definition) is 3. The molecule has 2 aromatic carbocycles. The van der Waals surface area contributed by atoms with Crippen molar-refractivity contribution in [3.63, 3.8) is 0 Å². The summed E-state index contributed by atoms with van der Waals surface area (Å²) in [5, 5.41) is 7.81. The normalized spacial score (nSPS) is 11.0. The largest absolute Gasteiger partial charge is 0.399 e. The van der Waals surface area contributed by atoms with E-state index in [0.717, 1.165) is 22.6 Å². The smallest absolute Gasteiger partial charge is 0.191 e. The summed E-state index contributed by atoms with van der Waals surface area (Å²) < 4.78 is 0. The molecule has 5 heteroatoms. The number of thiocarbonyl (C=S) groups is 1. The van der Waals surface area contributed by atoms with Crippen LogP contribution >= 0.6 is 12.2 Å². The Balaban J connectivity index is 1.96. The molecule has 21 heavy (non-hydrogen) atoms. The van der Waals surface area contributed by atoms with E-state index in [1.165, 1.54) is 5.56 Å². The highest BCUT2D eigenvalue weighted by atomic mass is 32.1. The number of hydrazone groups is 1. The molecule has 0 heterocycles. The fraction of sp³-hybridized carbons (Fsp3) is 0.125. The zero-order valence-electron chi connectivity index (χ0n) is 12.1. The summed E-state index contributed by atoms with van der Waals surface area (Å²) >= 11 is 5.22. The van der Waals surface area contributed by atoms with E-state index in [0.29, 0.717) is 5.11 Å². The predicted molar refractivity (Wildman–Crippen MR) is 93.6 cm³/mol. The number of rotatable bonds is 3.